The maximum absolute atomic E-state index is 12.6. The number of aromatic nitrogens is 4. The number of benzene rings is 1. The third-order valence-corrected chi connectivity index (χ3v) is 5.24. The molecule has 1 aliphatic heterocycles. The van der Waals surface area contributed by atoms with Crippen molar-refractivity contribution in [3.8, 4) is 5.69 Å². The summed E-state index contributed by atoms with van der Waals surface area (Å²) in [7, 11) is 0. The fourth-order valence-electron chi connectivity index (χ4n) is 3.57. The number of piperazine rings is 1. The molecule has 1 saturated heterocycles. The minimum Gasteiger partial charge on any atom is -0.349 e. The Bertz CT molecular complexity index is 1080. The molecule has 0 saturated carbocycles. The van der Waals surface area contributed by atoms with Gasteiger partial charge in [-0.1, -0.05) is 18.2 Å². The minimum absolute atomic E-state index is 0.0968. The van der Waals surface area contributed by atoms with Crippen molar-refractivity contribution in [1.82, 2.24) is 30.0 Å². The van der Waals surface area contributed by atoms with E-state index in [9.17, 15) is 9.59 Å². The second-order valence-corrected chi connectivity index (χ2v) is 7.38. The molecule has 1 aromatic carbocycles. The van der Waals surface area contributed by atoms with Crippen molar-refractivity contribution in [1.29, 1.82) is 0 Å². The number of carbonyl (C=O) groups is 1. The highest BCUT2D eigenvalue weighted by atomic mass is 16.2. The summed E-state index contributed by atoms with van der Waals surface area (Å²) in [6.45, 7) is 6.33. The molecule has 3 aromatic rings. The molecular weight excluding hydrogens is 394 g/mol. The van der Waals surface area contributed by atoms with Gasteiger partial charge in [-0.15, -0.1) is 0 Å². The Morgan fingerprint density at radius 1 is 1.03 bits per heavy atom. The Morgan fingerprint density at radius 3 is 2.45 bits per heavy atom. The van der Waals surface area contributed by atoms with E-state index in [1.165, 1.54) is 6.07 Å². The van der Waals surface area contributed by atoms with Crippen LogP contribution in [0.1, 0.15) is 16.2 Å². The summed E-state index contributed by atoms with van der Waals surface area (Å²) in [5.74, 6) is 0.293. The van der Waals surface area contributed by atoms with Gasteiger partial charge in [0.25, 0.3) is 5.91 Å². The third-order valence-electron chi connectivity index (χ3n) is 5.24. The average molecular weight is 419 g/mol. The van der Waals surface area contributed by atoms with Gasteiger partial charge in [0.2, 0.25) is 11.4 Å². The first-order valence-corrected chi connectivity index (χ1v) is 10.3. The molecule has 4 rings (SSSR count). The summed E-state index contributed by atoms with van der Waals surface area (Å²) < 4.78 is 1.61. The summed E-state index contributed by atoms with van der Waals surface area (Å²) in [4.78, 5) is 37.9. The van der Waals surface area contributed by atoms with Crippen molar-refractivity contribution in [2.24, 2.45) is 0 Å². The molecule has 0 aliphatic carbocycles. The molecule has 160 valence electrons. The summed E-state index contributed by atoms with van der Waals surface area (Å²) >= 11 is 0. The fourth-order valence-corrected chi connectivity index (χ4v) is 3.57. The van der Waals surface area contributed by atoms with Crippen LogP contribution >= 0.6 is 0 Å². The zero-order valence-electron chi connectivity index (χ0n) is 17.4. The zero-order valence-corrected chi connectivity index (χ0v) is 17.4. The van der Waals surface area contributed by atoms with Crippen LogP contribution in [0.4, 0.5) is 5.95 Å². The Kier molecular flexibility index (Phi) is 6.32. The van der Waals surface area contributed by atoms with Gasteiger partial charge in [0.15, 0.2) is 5.69 Å². The van der Waals surface area contributed by atoms with Gasteiger partial charge in [-0.25, -0.2) is 14.6 Å². The predicted molar refractivity (Wildman–Crippen MR) is 118 cm³/mol. The second kappa shape index (κ2) is 9.48. The smallest absolute Gasteiger partial charge is 0.275 e. The van der Waals surface area contributed by atoms with Gasteiger partial charge in [0, 0.05) is 63.4 Å². The molecule has 3 heterocycles. The van der Waals surface area contributed by atoms with E-state index in [-0.39, 0.29) is 11.1 Å². The maximum Gasteiger partial charge on any atom is 0.275 e. The Hall–Kier alpha value is -3.59. The predicted octanol–water partition coefficient (Wildman–Crippen LogP) is 0.883. The van der Waals surface area contributed by atoms with Crippen LogP contribution in [0.25, 0.3) is 5.69 Å². The number of carbonyl (C=O) groups excluding carboxylic acids is 1. The molecule has 0 unspecified atom stereocenters. The first kappa shape index (κ1) is 20.7. The minimum atomic E-state index is -0.453. The number of aryl methyl sites for hydroxylation is 1. The van der Waals surface area contributed by atoms with Crippen LogP contribution in [0.2, 0.25) is 0 Å². The SMILES string of the molecule is Cc1cc(=O)c(C(=O)NCCN2CCN(c3ncccn3)CC2)nn1-c1ccccc1. The number of anilines is 1. The van der Waals surface area contributed by atoms with Crippen LogP contribution < -0.4 is 15.6 Å². The highest BCUT2D eigenvalue weighted by Gasteiger charge is 2.19. The molecule has 0 bridgehead atoms. The molecule has 1 amide bonds. The molecule has 0 atom stereocenters. The zero-order chi connectivity index (χ0) is 21.6. The van der Waals surface area contributed by atoms with E-state index in [0.29, 0.717) is 18.8 Å². The molecular formula is C22H25N7O2. The lowest BCUT2D eigenvalue weighted by Gasteiger charge is -2.34. The van der Waals surface area contributed by atoms with Gasteiger partial charge in [-0.3, -0.25) is 14.5 Å². The molecule has 2 aromatic heterocycles. The van der Waals surface area contributed by atoms with Gasteiger partial charge >= 0.3 is 0 Å². The van der Waals surface area contributed by atoms with E-state index in [1.807, 2.05) is 30.3 Å². The van der Waals surface area contributed by atoms with E-state index in [2.05, 4.69) is 30.2 Å². The fraction of sp³-hybridized carbons (Fsp3) is 0.318. The Balaban J connectivity index is 1.32. The lowest BCUT2D eigenvalue weighted by Crippen LogP contribution is -2.49. The first-order chi connectivity index (χ1) is 15.1. The molecule has 31 heavy (non-hydrogen) atoms. The van der Waals surface area contributed by atoms with Gasteiger partial charge in [-0.2, -0.15) is 5.10 Å². The van der Waals surface area contributed by atoms with Gasteiger partial charge in [0.05, 0.1) is 5.69 Å². The Morgan fingerprint density at radius 2 is 1.74 bits per heavy atom. The summed E-state index contributed by atoms with van der Waals surface area (Å²) in [6.07, 6.45) is 3.49. The van der Waals surface area contributed by atoms with Crippen LogP contribution in [0.5, 0.6) is 0 Å². The number of nitrogens with one attached hydrogen (secondary N) is 1. The van der Waals surface area contributed by atoms with Crippen molar-refractivity contribution < 1.29 is 4.79 Å². The van der Waals surface area contributed by atoms with Crippen LogP contribution in [0, 0.1) is 6.92 Å². The number of nitrogens with zero attached hydrogens (tertiary/aromatic N) is 6. The van der Waals surface area contributed by atoms with E-state index in [1.54, 1.807) is 30.1 Å². The quantitative estimate of drug-likeness (QED) is 0.634. The lowest BCUT2D eigenvalue weighted by molar-refractivity contribution is 0.0940. The highest BCUT2D eigenvalue weighted by Crippen LogP contribution is 2.10. The second-order valence-electron chi connectivity index (χ2n) is 7.38. The van der Waals surface area contributed by atoms with Crippen LogP contribution in [-0.4, -0.2) is 69.8 Å². The molecule has 9 nitrogen and oxygen atoms in total. The van der Waals surface area contributed by atoms with Crippen LogP contribution in [0.3, 0.4) is 0 Å². The summed E-state index contributed by atoms with van der Waals surface area (Å²) in [6, 6.07) is 12.7. The summed E-state index contributed by atoms with van der Waals surface area (Å²) in [5, 5.41) is 7.14. The molecule has 0 spiro atoms. The highest BCUT2D eigenvalue weighted by molar-refractivity contribution is 5.92. The monoisotopic (exact) mass is 419 g/mol. The van der Waals surface area contributed by atoms with Gasteiger partial charge in [0.1, 0.15) is 0 Å². The van der Waals surface area contributed by atoms with Crippen molar-refractivity contribution >= 4 is 11.9 Å². The molecule has 1 aliphatic rings. The first-order valence-electron chi connectivity index (χ1n) is 10.3. The number of hydrogen-bond donors (Lipinski definition) is 1. The standard InChI is InChI=1S/C22H25N7O2/c1-17-16-19(30)20(26-29(17)18-6-3-2-4-7-18)21(31)23-10-11-27-12-14-28(15-13-27)22-24-8-5-9-25-22/h2-9,16H,10-15H2,1H3,(H,23,31). The van der Waals surface area contributed by atoms with E-state index in [4.69, 9.17) is 0 Å². The average Bonchev–Trinajstić information content (AvgIpc) is 2.81. The van der Waals surface area contributed by atoms with Crippen LogP contribution in [0.15, 0.2) is 59.7 Å². The summed E-state index contributed by atoms with van der Waals surface area (Å²) in [5.41, 5.74) is 1.00. The molecule has 9 heteroatoms. The van der Waals surface area contributed by atoms with Crippen molar-refractivity contribution in [2.75, 3.05) is 44.2 Å². The molecule has 1 fully saturated rings. The largest absolute Gasteiger partial charge is 0.349 e. The van der Waals surface area contributed by atoms with E-state index in [0.717, 1.165) is 37.8 Å². The topological polar surface area (TPSA) is 96.2 Å². The molecule has 0 radical (unpaired) electrons. The Labute approximate surface area is 180 Å². The number of hydrogen-bond acceptors (Lipinski definition) is 7. The normalized spacial score (nSPS) is 14.4. The number of rotatable bonds is 6. The third kappa shape index (κ3) is 4.95. The van der Waals surface area contributed by atoms with E-state index >= 15 is 0 Å². The van der Waals surface area contributed by atoms with Crippen molar-refractivity contribution in [2.45, 2.75) is 6.92 Å². The number of amides is 1. The number of para-hydroxylation sites is 1. The van der Waals surface area contributed by atoms with E-state index < -0.39 is 5.91 Å². The van der Waals surface area contributed by atoms with Crippen molar-refractivity contribution in [3.63, 3.8) is 0 Å². The van der Waals surface area contributed by atoms with Gasteiger partial charge in [-0.05, 0) is 25.1 Å². The lowest BCUT2D eigenvalue weighted by atomic mass is 10.2. The maximum atomic E-state index is 12.6. The van der Waals surface area contributed by atoms with Crippen molar-refractivity contribution in [3.05, 3.63) is 76.5 Å². The van der Waals surface area contributed by atoms with Gasteiger partial charge < -0.3 is 10.2 Å². The molecule has 1 N–H and O–H groups in total. The van der Waals surface area contributed by atoms with Crippen LogP contribution in [-0.2, 0) is 0 Å².